The van der Waals surface area contributed by atoms with Gasteiger partial charge in [0.05, 0.1) is 0 Å². The highest BCUT2D eigenvalue weighted by atomic mass is 32.2. The molecule has 0 aliphatic carbocycles. The van der Waals surface area contributed by atoms with Crippen LogP contribution in [0.2, 0.25) is 0 Å². The maximum absolute atomic E-state index is 2.30. The number of pyridine rings is 1. The van der Waals surface area contributed by atoms with Crippen molar-refractivity contribution >= 4 is 22.5 Å². The molecule has 1 aromatic carbocycles. The van der Waals surface area contributed by atoms with E-state index in [1.807, 2.05) is 11.8 Å². The van der Waals surface area contributed by atoms with Crippen molar-refractivity contribution in [2.75, 3.05) is 5.75 Å². The Morgan fingerprint density at radius 2 is 1.65 bits per heavy atom. The van der Waals surface area contributed by atoms with Gasteiger partial charge in [-0.25, -0.2) is 0 Å². The maximum Gasteiger partial charge on any atom is 0.194 e. The molecule has 0 radical (unpaired) electrons. The summed E-state index contributed by atoms with van der Waals surface area (Å²) in [5.41, 5.74) is 0. The molecule has 2 aromatic rings. The van der Waals surface area contributed by atoms with E-state index in [-0.39, 0.29) is 0 Å². The van der Waals surface area contributed by atoms with Gasteiger partial charge in [0.2, 0.25) is 0 Å². The zero-order valence-corrected chi connectivity index (χ0v) is 13.4. The molecule has 0 fully saturated rings. The van der Waals surface area contributed by atoms with Crippen molar-refractivity contribution in [1.82, 2.24) is 0 Å². The first-order valence-electron chi connectivity index (χ1n) is 7.86. The van der Waals surface area contributed by atoms with E-state index in [4.69, 9.17) is 0 Å². The van der Waals surface area contributed by atoms with Crippen LogP contribution in [0.3, 0.4) is 0 Å². The topological polar surface area (TPSA) is 3.88 Å². The monoisotopic (exact) mass is 288 g/mol. The summed E-state index contributed by atoms with van der Waals surface area (Å²) in [7, 11) is 0. The van der Waals surface area contributed by atoms with E-state index in [2.05, 4.69) is 54.2 Å². The number of aromatic nitrogens is 1. The van der Waals surface area contributed by atoms with Gasteiger partial charge in [-0.1, -0.05) is 69.0 Å². The molecule has 1 heterocycles. The Balaban J connectivity index is 1.65. The van der Waals surface area contributed by atoms with Gasteiger partial charge in [-0.3, -0.25) is 0 Å². The molecule has 2 heteroatoms. The number of benzene rings is 1. The molecule has 0 saturated carbocycles. The Bertz CT molecular complexity index is 509. The fourth-order valence-electron chi connectivity index (χ4n) is 2.41. The van der Waals surface area contributed by atoms with Crippen LogP contribution in [0.15, 0.2) is 42.7 Å². The van der Waals surface area contributed by atoms with Gasteiger partial charge in [0.1, 0.15) is 0 Å². The van der Waals surface area contributed by atoms with Crippen LogP contribution >= 0.6 is 11.8 Å². The minimum Gasteiger partial charge on any atom is -0.195 e. The second kappa shape index (κ2) is 9.02. The molecule has 2 rings (SSSR count). The largest absolute Gasteiger partial charge is 0.195 e. The molecule has 0 unspecified atom stereocenters. The molecule has 0 saturated heterocycles. The third-order valence-electron chi connectivity index (χ3n) is 3.63. The van der Waals surface area contributed by atoms with Gasteiger partial charge in [-0.15, -0.1) is 0 Å². The summed E-state index contributed by atoms with van der Waals surface area (Å²) in [6, 6.07) is 10.8. The van der Waals surface area contributed by atoms with Crippen molar-refractivity contribution in [2.45, 2.75) is 51.3 Å². The fourth-order valence-corrected chi connectivity index (χ4v) is 3.32. The molecule has 0 N–H and O–H groups in total. The van der Waals surface area contributed by atoms with Gasteiger partial charge in [0.25, 0.3) is 0 Å². The Hall–Kier alpha value is -1.02. The third-order valence-corrected chi connectivity index (χ3v) is 4.69. The first-order chi connectivity index (χ1) is 9.90. The summed E-state index contributed by atoms with van der Waals surface area (Å²) in [6.45, 7) is 2.27. The summed E-state index contributed by atoms with van der Waals surface area (Å²) in [5.74, 6) is 2.35. The van der Waals surface area contributed by atoms with E-state index in [9.17, 15) is 0 Å². The van der Waals surface area contributed by atoms with Crippen molar-refractivity contribution in [1.29, 1.82) is 0 Å². The van der Waals surface area contributed by atoms with Crippen LogP contribution in [0.4, 0.5) is 0 Å². The molecule has 1 nitrogen and oxygen atoms in total. The van der Waals surface area contributed by atoms with E-state index in [1.165, 1.54) is 55.1 Å². The zero-order valence-electron chi connectivity index (χ0n) is 12.6. The highest BCUT2D eigenvalue weighted by Gasteiger charge is 2.02. The lowest BCUT2D eigenvalue weighted by molar-refractivity contribution is -0.674. The smallest absolute Gasteiger partial charge is 0.194 e. The van der Waals surface area contributed by atoms with Crippen LogP contribution in [0.25, 0.3) is 10.8 Å². The first kappa shape index (κ1) is 15.4. The van der Waals surface area contributed by atoms with Gasteiger partial charge < -0.3 is 0 Å². The molecular weight excluding hydrogens is 262 g/mol. The summed E-state index contributed by atoms with van der Waals surface area (Å²) in [4.78, 5) is 0. The number of hydrogen-bond donors (Lipinski definition) is 0. The highest BCUT2D eigenvalue weighted by Crippen LogP contribution is 2.12. The zero-order chi connectivity index (χ0) is 14.0. The third kappa shape index (κ3) is 5.16. The van der Waals surface area contributed by atoms with Gasteiger partial charge in [-0.05, 0) is 23.6 Å². The van der Waals surface area contributed by atoms with Crippen molar-refractivity contribution in [3.05, 3.63) is 42.7 Å². The molecule has 0 bridgehead atoms. The average Bonchev–Trinajstić information content (AvgIpc) is 2.50. The Kier molecular flexibility index (Phi) is 6.93. The maximum atomic E-state index is 2.30. The lowest BCUT2D eigenvalue weighted by Crippen LogP contribution is -2.30. The van der Waals surface area contributed by atoms with Crippen molar-refractivity contribution in [2.24, 2.45) is 0 Å². The summed E-state index contributed by atoms with van der Waals surface area (Å²) in [6.07, 6.45) is 12.8. The molecule has 108 valence electrons. The number of unbranched alkanes of at least 4 members (excludes halogenated alkanes) is 5. The number of rotatable bonds is 9. The van der Waals surface area contributed by atoms with Crippen LogP contribution < -0.4 is 4.57 Å². The predicted octanol–water partition coefficient (Wildman–Crippen LogP) is 5.18. The first-order valence-corrected chi connectivity index (χ1v) is 9.01. The second-order valence-corrected chi connectivity index (χ2v) is 6.47. The van der Waals surface area contributed by atoms with Crippen molar-refractivity contribution < 1.29 is 4.57 Å². The Morgan fingerprint density at radius 3 is 2.50 bits per heavy atom. The van der Waals surface area contributed by atoms with Crippen molar-refractivity contribution in [3.63, 3.8) is 0 Å². The van der Waals surface area contributed by atoms with Crippen LogP contribution in [-0.2, 0) is 5.88 Å². The normalized spacial score (nSPS) is 11.1. The van der Waals surface area contributed by atoms with Crippen LogP contribution in [-0.4, -0.2) is 5.75 Å². The van der Waals surface area contributed by atoms with Crippen LogP contribution in [0.5, 0.6) is 0 Å². The van der Waals surface area contributed by atoms with E-state index in [1.54, 1.807) is 0 Å². The Morgan fingerprint density at radius 1 is 0.900 bits per heavy atom. The minimum atomic E-state index is 1.07. The average molecular weight is 288 g/mol. The molecule has 0 spiro atoms. The van der Waals surface area contributed by atoms with Gasteiger partial charge in [-0.2, -0.15) is 4.57 Å². The molecule has 1 aromatic heterocycles. The molecular formula is C18H26NS+. The molecule has 0 atom stereocenters. The van der Waals surface area contributed by atoms with E-state index in [0.717, 1.165) is 5.88 Å². The number of fused-ring (bicyclic) bond motifs is 1. The number of nitrogens with zero attached hydrogens (tertiary/aromatic N) is 1. The Labute approximate surface area is 127 Å². The number of thioether (sulfide) groups is 1. The van der Waals surface area contributed by atoms with Gasteiger partial charge in [0, 0.05) is 11.5 Å². The highest BCUT2D eigenvalue weighted by molar-refractivity contribution is 7.98. The van der Waals surface area contributed by atoms with Crippen LogP contribution in [0, 0.1) is 0 Å². The molecule has 0 amide bonds. The minimum absolute atomic E-state index is 1.07. The SMILES string of the molecule is CCCCCCCCSC[n+]1ccc2ccccc2c1. The van der Waals surface area contributed by atoms with Gasteiger partial charge >= 0.3 is 0 Å². The summed E-state index contributed by atoms with van der Waals surface area (Å²) < 4.78 is 2.30. The summed E-state index contributed by atoms with van der Waals surface area (Å²) >= 11 is 2.04. The van der Waals surface area contributed by atoms with E-state index >= 15 is 0 Å². The standard InChI is InChI=1S/C18H26NS/c1-2-3-4-5-6-9-14-20-16-19-13-12-17-10-7-8-11-18(17)15-19/h7-8,10-13,15H,2-6,9,14,16H2,1H3/q+1. The molecule has 0 aliphatic rings. The molecule has 0 aliphatic heterocycles. The van der Waals surface area contributed by atoms with Gasteiger partial charge in [0.15, 0.2) is 18.3 Å². The van der Waals surface area contributed by atoms with E-state index in [0.29, 0.717) is 0 Å². The second-order valence-electron chi connectivity index (χ2n) is 5.39. The lowest BCUT2D eigenvalue weighted by Gasteiger charge is -2.01. The predicted molar refractivity (Wildman–Crippen MR) is 90.0 cm³/mol. The van der Waals surface area contributed by atoms with Crippen molar-refractivity contribution in [3.8, 4) is 0 Å². The molecule has 20 heavy (non-hydrogen) atoms. The summed E-state index contributed by atoms with van der Waals surface area (Å²) in [5, 5.41) is 2.65. The number of hydrogen-bond acceptors (Lipinski definition) is 1. The lowest BCUT2D eigenvalue weighted by atomic mass is 10.1. The van der Waals surface area contributed by atoms with Crippen LogP contribution in [0.1, 0.15) is 45.4 Å². The quantitative estimate of drug-likeness (QED) is 0.454. The fraction of sp³-hybridized carbons (Fsp3) is 0.500. The van der Waals surface area contributed by atoms with E-state index < -0.39 is 0 Å².